The zero-order valence-electron chi connectivity index (χ0n) is 11.5. The van der Waals surface area contributed by atoms with Crippen molar-refractivity contribution < 1.29 is 13.2 Å². The monoisotopic (exact) mass is 369 g/mol. The quantitative estimate of drug-likeness (QED) is 0.879. The number of hydrogen-bond donors (Lipinski definition) is 1. The smallest absolute Gasteiger partial charge is 0.175 e. The fraction of sp³-hybridized carbons (Fsp3) is 0.200. The highest BCUT2D eigenvalue weighted by molar-refractivity contribution is 9.10. The molecule has 0 fully saturated rings. The van der Waals surface area contributed by atoms with Gasteiger partial charge in [0.15, 0.2) is 9.84 Å². The first-order valence-corrected chi connectivity index (χ1v) is 9.01. The second kappa shape index (κ2) is 6.60. The molecule has 4 nitrogen and oxygen atoms in total. The van der Waals surface area contributed by atoms with Gasteiger partial charge in [0.05, 0.1) is 4.90 Å². The molecular weight excluding hydrogens is 354 g/mol. The van der Waals surface area contributed by atoms with E-state index in [1.54, 1.807) is 18.2 Å². The topological polar surface area (TPSA) is 69.4 Å². The average molecular weight is 370 g/mol. The van der Waals surface area contributed by atoms with Crippen molar-refractivity contribution in [3.63, 3.8) is 0 Å². The molecule has 6 heteroatoms. The third kappa shape index (κ3) is 4.30. The van der Waals surface area contributed by atoms with E-state index in [-0.39, 0.29) is 11.0 Å². The summed E-state index contributed by atoms with van der Waals surface area (Å²) in [6.07, 6.45) is 0.832. The van der Waals surface area contributed by atoms with Crippen LogP contribution in [0.1, 0.15) is 11.7 Å². The van der Waals surface area contributed by atoms with Crippen LogP contribution in [-0.2, 0) is 9.84 Å². The Morgan fingerprint density at radius 1 is 1.19 bits per heavy atom. The van der Waals surface area contributed by atoms with Crippen molar-refractivity contribution in [3.8, 4) is 5.75 Å². The molecule has 0 aliphatic carbocycles. The van der Waals surface area contributed by atoms with Crippen molar-refractivity contribution >= 4 is 25.8 Å². The Hall–Kier alpha value is -1.37. The van der Waals surface area contributed by atoms with Crippen LogP contribution in [-0.4, -0.2) is 21.2 Å². The van der Waals surface area contributed by atoms with Gasteiger partial charge >= 0.3 is 0 Å². The highest BCUT2D eigenvalue weighted by Gasteiger charge is 2.14. The summed E-state index contributed by atoms with van der Waals surface area (Å²) in [5.74, 6) is 0.480. The predicted octanol–water partition coefficient (Wildman–Crippen LogP) is 2.93. The summed E-state index contributed by atoms with van der Waals surface area (Å²) in [6, 6.07) is 14.1. The third-order valence-corrected chi connectivity index (χ3v) is 4.55. The van der Waals surface area contributed by atoms with Crippen LogP contribution in [0.4, 0.5) is 0 Å². The van der Waals surface area contributed by atoms with E-state index in [0.717, 1.165) is 10.0 Å². The molecule has 112 valence electrons. The molecule has 0 radical (unpaired) electrons. The summed E-state index contributed by atoms with van der Waals surface area (Å²) >= 11 is 3.41. The van der Waals surface area contributed by atoms with Crippen LogP contribution in [0, 0.1) is 0 Å². The molecule has 2 N–H and O–H groups in total. The van der Waals surface area contributed by atoms with Gasteiger partial charge in [0, 0.05) is 17.3 Å². The van der Waals surface area contributed by atoms with Gasteiger partial charge in [-0.25, -0.2) is 8.42 Å². The molecule has 1 unspecified atom stereocenters. The summed E-state index contributed by atoms with van der Waals surface area (Å²) in [4.78, 5) is 0.227. The molecule has 0 aliphatic rings. The van der Waals surface area contributed by atoms with Crippen LogP contribution < -0.4 is 10.5 Å². The molecule has 0 saturated heterocycles. The van der Waals surface area contributed by atoms with E-state index < -0.39 is 9.84 Å². The second-order valence-corrected chi connectivity index (χ2v) is 7.58. The van der Waals surface area contributed by atoms with Crippen LogP contribution >= 0.6 is 15.9 Å². The van der Waals surface area contributed by atoms with Gasteiger partial charge in [-0.3, -0.25) is 0 Å². The van der Waals surface area contributed by atoms with Gasteiger partial charge in [-0.2, -0.15) is 0 Å². The minimum absolute atomic E-state index is 0.227. The van der Waals surface area contributed by atoms with E-state index >= 15 is 0 Å². The maximum absolute atomic E-state index is 11.6. The summed E-state index contributed by atoms with van der Waals surface area (Å²) in [5.41, 5.74) is 6.70. The maximum Gasteiger partial charge on any atom is 0.175 e. The number of hydrogen-bond acceptors (Lipinski definition) is 4. The largest absolute Gasteiger partial charge is 0.484 e. The SMILES string of the molecule is CS(=O)(=O)c1cccc(OC(CN)c2cccc(Br)c2)c1. The molecule has 0 aliphatic heterocycles. The Morgan fingerprint density at radius 3 is 2.52 bits per heavy atom. The Labute approximate surface area is 133 Å². The molecule has 0 aromatic heterocycles. The lowest BCUT2D eigenvalue weighted by Gasteiger charge is -2.18. The van der Waals surface area contributed by atoms with Crippen LogP contribution in [0.3, 0.4) is 0 Å². The molecule has 21 heavy (non-hydrogen) atoms. The number of halogens is 1. The van der Waals surface area contributed by atoms with Crippen molar-refractivity contribution in [1.29, 1.82) is 0 Å². The van der Waals surface area contributed by atoms with Crippen LogP contribution in [0.2, 0.25) is 0 Å². The summed E-state index contributed by atoms with van der Waals surface area (Å²) in [5, 5.41) is 0. The average Bonchev–Trinajstić information content (AvgIpc) is 2.44. The Morgan fingerprint density at radius 2 is 1.90 bits per heavy atom. The molecule has 2 aromatic rings. The molecule has 0 bridgehead atoms. The summed E-state index contributed by atoms with van der Waals surface area (Å²) in [7, 11) is -3.26. The van der Waals surface area contributed by atoms with Gasteiger partial charge in [0.2, 0.25) is 0 Å². The highest BCUT2D eigenvalue weighted by Crippen LogP contribution is 2.25. The van der Waals surface area contributed by atoms with Crippen LogP contribution in [0.5, 0.6) is 5.75 Å². The highest BCUT2D eigenvalue weighted by atomic mass is 79.9. The fourth-order valence-electron chi connectivity index (χ4n) is 1.90. The molecule has 1 atom stereocenters. The molecule has 0 saturated carbocycles. The Balaban J connectivity index is 2.27. The minimum atomic E-state index is -3.26. The first kappa shape index (κ1) is 16.0. The normalized spacial score (nSPS) is 12.9. The van der Waals surface area contributed by atoms with E-state index in [1.807, 2.05) is 24.3 Å². The second-order valence-electron chi connectivity index (χ2n) is 4.64. The molecule has 0 heterocycles. The number of ether oxygens (including phenoxy) is 1. The standard InChI is InChI=1S/C15H16BrNO3S/c1-21(18,19)14-7-3-6-13(9-14)20-15(10-17)11-4-2-5-12(16)8-11/h2-9,15H,10,17H2,1H3. The van der Waals surface area contributed by atoms with E-state index in [2.05, 4.69) is 15.9 Å². The van der Waals surface area contributed by atoms with Gasteiger partial charge in [0.25, 0.3) is 0 Å². The van der Waals surface area contributed by atoms with Crippen LogP contribution in [0.15, 0.2) is 57.9 Å². The Kier molecular flexibility index (Phi) is 5.03. The third-order valence-electron chi connectivity index (χ3n) is 2.95. The zero-order valence-corrected chi connectivity index (χ0v) is 13.9. The van der Waals surface area contributed by atoms with Crippen molar-refractivity contribution in [2.75, 3.05) is 12.8 Å². The number of sulfone groups is 1. The molecular formula is C15H16BrNO3S. The predicted molar refractivity (Wildman–Crippen MR) is 86.1 cm³/mol. The number of benzene rings is 2. The van der Waals surface area contributed by atoms with Crippen molar-refractivity contribution in [1.82, 2.24) is 0 Å². The van der Waals surface area contributed by atoms with E-state index in [1.165, 1.54) is 12.3 Å². The van der Waals surface area contributed by atoms with Gasteiger partial charge < -0.3 is 10.5 Å². The van der Waals surface area contributed by atoms with E-state index in [9.17, 15) is 8.42 Å². The van der Waals surface area contributed by atoms with Gasteiger partial charge in [-0.1, -0.05) is 34.1 Å². The fourth-order valence-corrected chi connectivity index (χ4v) is 2.97. The van der Waals surface area contributed by atoms with Gasteiger partial charge in [-0.15, -0.1) is 0 Å². The lowest BCUT2D eigenvalue weighted by atomic mass is 10.1. The lowest BCUT2D eigenvalue weighted by molar-refractivity contribution is 0.213. The molecule has 2 aromatic carbocycles. The number of nitrogens with two attached hydrogens (primary N) is 1. The summed E-state index contributed by atoms with van der Waals surface area (Å²) < 4.78 is 29.9. The maximum atomic E-state index is 11.6. The van der Waals surface area contributed by atoms with Crippen molar-refractivity contribution in [2.45, 2.75) is 11.0 Å². The lowest BCUT2D eigenvalue weighted by Crippen LogP contribution is -2.18. The molecule has 2 rings (SSSR count). The molecule has 0 spiro atoms. The van der Waals surface area contributed by atoms with E-state index in [4.69, 9.17) is 10.5 Å². The van der Waals surface area contributed by atoms with Crippen LogP contribution in [0.25, 0.3) is 0 Å². The van der Waals surface area contributed by atoms with Gasteiger partial charge in [0.1, 0.15) is 11.9 Å². The Bertz CT molecular complexity index is 731. The van der Waals surface area contributed by atoms with Crippen molar-refractivity contribution in [3.05, 3.63) is 58.6 Å². The number of rotatable bonds is 5. The first-order valence-electron chi connectivity index (χ1n) is 6.32. The molecule has 0 amide bonds. The summed E-state index contributed by atoms with van der Waals surface area (Å²) in [6.45, 7) is 0.291. The van der Waals surface area contributed by atoms with Gasteiger partial charge in [-0.05, 0) is 35.9 Å². The zero-order chi connectivity index (χ0) is 15.5. The van der Waals surface area contributed by atoms with E-state index in [0.29, 0.717) is 12.3 Å². The first-order chi connectivity index (χ1) is 9.90. The van der Waals surface area contributed by atoms with Crippen molar-refractivity contribution in [2.24, 2.45) is 5.73 Å². The minimum Gasteiger partial charge on any atom is -0.484 e.